The zero-order chi connectivity index (χ0) is 14.0. The highest BCUT2D eigenvalue weighted by Crippen LogP contribution is 2.29. The van der Waals surface area contributed by atoms with Gasteiger partial charge in [-0.3, -0.25) is 0 Å². The molecule has 0 atom stereocenters. The molecule has 0 bridgehead atoms. The Morgan fingerprint density at radius 3 is 2.74 bits per heavy atom. The average Bonchev–Trinajstić information content (AvgIpc) is 2.70. The molecule has 0 aliphatic rings. The number of nitrogens with zero attached hydrogens (tertiary/aromatic N) is 2. The number of imidazole rings is 1. The van der Waals surface area contributed by atoms with E-state index in [1.54, 1.807) is 0 Å². The van der Waals surface area contributed by atoms with Crippen molar-refractivity contribution in [2.24, 2.45) is 0 Å². The van der Waals surface area contributed by atoms with Crippen molar-refractivity contribution < 1.29 is 0 Å². The molecule has 0 amide bonds. The maximum atomic E-state index is 6.23. The lowest BCUT2D eigenvalue weighted by atomic mass is 10.2. The molecule has 2 nitrogen and oxygen atoms in total. The molecule has 2 aromatic rings. The van der Waals surface area contributed by atoms with E-state index in [-0.39, 0.29) is 4.75 Å². The summed E-state index contributed by atoms with van der Waals surface area (Å²) < 4.78 is 2.40. The number of hydrogen-bond acceptors (Lipinski definition) is 2. The molecular weight excluding hydrogens is 299 g/mol. The predicted molar refractivity (Wildman–Crippen MR) is 86.8 cm³/mol. The number of thioether (sulfide) groups is 1. The summed E-state index contributed by atoms with van der Waals surface area (Å²) in [5.41, 5.74) is 1.97. The molecule has 2 rings (SSSR count). The number of aryl methyl sites for hydroxylation is 1. The van der Waals surface area contributed by atoms with Crippen LogP contribution in [0.3, 0.4) is 0 Å². The Morgan fingerprint density at radius 1 is 1.37 bits per heavy atom. The Morgan fingerprint density at radius 2 is 2.11 bits per heavy atom. The Labute approximate surface area is 128 Å². The molecule has 0 unspecified atom stereocenters. The molecule has 0 fully saturated rings. The van der Waals surface area contributed by atoms with Crippen LogP contribution < -0.4 is 0 Å². The van der Waals surface area contributed by atoms with Crippen LogP contribution in [0.15, 0.2) is 18.2 Å². The first-order valence-corrected chi connectivity index (χ1v) is 8.37. The lowest BCUT2D eigenvalue weighted by Gasteiger charge is -2.24. The van der Waals surface area contributed by atoms with Crippen LogP contribution in [0, 0.1) is 0 Å². The summed E-state index contributed by atoms with van der Waals surface area (Å²) in [6, 6.07) is 5.92. The Bertz CT molecular complexity index is 578. The highest BCUT2D eigenvalue weighted by Gasteiger charge is 2.21. The molecule has 0 spiro atoms. The van der Waals surface area contributed by atoms with Gasteiger partial charge in [0.1, 0.15) is 11.3 Å². The van der Waals surface area contributed by atoms with Gasteiger partial charge in [-0.2, -0.15) is 11.8 Å². The van der Waals surface area contributed by atoms with Crippen molar-refractivity contribution in [3.8, 4) is 0 Å². The van der Waals surface area contributed by atoms with Gasteiger partial charge in [0.15, 0.2) is 0 Å². The number of aromatic nitrogens is 2. The second-order valence-corrected chi connectivity index (χ2v) is 7.42. The third-order valence-corrected chi connectivity index (χ3v) is 4.95. The first-order valence-electron chi connectivity index (χ1n) is 6.23. The van der Waals surface area contributed by atoms with Gasteiger partial charge in [0, 0.05) is 23.6 Å². The molecule has 104 valence electrons. The van der Waals surface area contributed by atoms with Gasteiger partial charge in [-0.05, 0) is 32.2 Å². The topological polar surface area (TPSA) is 17.8 Å². The van der Waals surface area contributed by atoms with Crippen molar-refractivity contribution in [1.29, 1.82) is 0 Å². The van der Waals surface area contributed by atoms with Crippen LogP contribution in [0.2, 0.25) is 5.02 Å². The number of para-hydroxylation sites is 1. The molecule has 1 heterocycles. The molecule has 0 aliphatic heterocycles. The van der Waals surface area contributed by atoms with E-state index < -0.39 is 0 Å². The van der Waals surface area contributed by atoms with E-state index >= 15 is 0 Å². The van der Waals surface area contributed by atoms with Crippen molar-refractivity contribution in [1.82, 2.24) is 9.55 Å². The van der Waals surface area contributed by atoms with Crippen LogP contribution in [0.5, 0.6) is 0 Å². The Kier molecular flexibility index (Phi) is 4.70. The van der Waals surface area contributed by atoms with Crippen LogP contribution in [-0.4, -0.2) is 26.4 Å². The number of alkyl halides is 1. The second kappa shape index (κ2) is 5.94. The number of halogens is 2. The number of rotatable bonds is 5. The second-order valence-electron chi connectivity index (χ2n) is 5.12. The minimum Gasteiger partial charge on any atom is -0.327 e. The largest absolute Gasteiger partial charge is 0.327 e. The lowest BCUT2D eigenvalue weighted by Crippen LogP contribution is -2.23. The van der Waals surface area contributed by atoms with E-state index in [9.17, 15) is 0 Å². The Balaban J connectivity index is 2.55. The van der Waals surface area contributed by atoms with Crippen molar-refractivity contribution in [2.45, 2.75) is 31.6 Å². The fourth-order valence-corrected chi connectivity index (χ4v) is 2.70. The van der Waals surface area contributed by atoms with E-state index in [2.05, 4.69) is 35.7 Å². The van der Waals surface area contributed by atoms with Crippen LogP contribution >= 0.6 is 35.0 Å². The van der Waals surface area contributed by atoms with Gasteiger partial charge in [-0.25, -0.2) is 4.98 Å². The van der Waals surface area contributed by atoms with E-state index in [0.717, 1.165) is 29.8 Å². The molecule has 19 heavy (non-hydrogen) atoms. The number of benzene rings is 1. The summed E-state index contributed by atoms with van der Waals surface area (Å²) in [6.45, 7) is 5.37. The first-order chi connectivity index (χ1) is 8.98. The van der Waals surface area contributed by atoms with Crippen molar-refractivity contribution in [3.05, 3.63) is 29.0 Å². The van der Waals surface area contributed by atoms with Crippen LogP contribution in [0.25, 0.3) is 11.0 Å². The van der Waals surface area contributed by atoms with Gasteiger partial charge in [-0.1, -0.05) is 17.7 Å². The van der Waals surface area contributed by atoms with Crippen molar-refractivity contribution in [2.75, 3.05) is 12.1 Å². The summed E-state index contributed by atoms with van der Waals surface area (Å²) in [5.74, 6) is 1.58. The molecule has 0 saturated heterocycles. The van der Waals surface area contributed by atoms with Crippen LogP contribution in [0.4, 0.5) is 0 Å². The molecular formula is C14H18Cl2N2S. The fourth-order valence-electron chi connectivity index (χ4n) is 2.06. The molecule has 1 aromatic carbocycles. The lowest BCUT2D eigenvalue weighted by molar-refractivity contribution is 0.561. The molecule has 0 radical (unpaired) electrons. The molecule has 1 aromatic heterocycles. The molecule has 0 aliphatic carbocycles. The number of hydrogen-bond donors (Lipinski definition) is 0. The van der Waals surface area contributed by atoms with Gasteiger partial charge >= 0.3 is 0 Å². The molecule has 0 saturated carbocycles. The summed E-state index contributed by atoms with van der Waals surface area (Å²) in [4.78, 5) is 4.66. The summed E-state index contributed by atoms with van der Waals surface area (Å²) >= 11 is 14.0. The van der Waals surface area contributed by atoms with Gasteiger partial charge < -0.3 is 4.57 Å². The van der Waals surface area contributed by atoms with E-state index in [1.807, 2.05) is 23.9 Å². The van der Waals surface area contributed by atoms with E-state index in [1.165, 1.54) is 0 Å². The molecule has 5 heteroatoms. The third-order valence-electron chi connectivity index (χ3n) is 3.22. The Hall–Kier alpha value is -0.380. The SMILES string of the molecule is CSC(C)(C)Cn1c(CCCl)nc2c(Cl)cccc21. The molecule has 0 N–H and O–H groups in total. The smallest absolute Gasteiger partial charge is 0.111 e. The van der Waals surface area contributed by atoms with E-state index in [0.29, 0.717) is 10.9 Å². The average molecular weight is 317 g/mol. The van der Waals surface area contributed by atoms with Gasteiger partial charge in [0.05, 0.1) is 10.5 Å². The summed E-state index contributed by atoms with van der Waals surface area (Å²) in [5, 5.41) is 0.703. The zero-order valence-electron chi connectivity index (χ0n) is 11.4. The normalized spacial score (nSPS) is 12.3. The van der Waals surface area contributed by atoms with Gasteiger partial charge in [0.25, 0.3) is 0 Å². The fraction of sp³-hybridized carbons (Fsp3) is 0.500. The highest BCUT2D eigenvalue weighted by atomic mass is 35.5. The summed E-state index contributed by atoms with van der Waals surface area (Å²) in [6.07, 6.45) is 2.89. The monoisotopic (exact) mass is 316 g/mol. The summed E-state index contributed by atoms with van der Waals surface area (Å²) in [7, 11) is 0. The standard InChI is InChI=1S/C14H18Cl2N2S/c1-14(2,19-3)9-18-11-6-4-5-10(16)13(11)17-12(18)7-8-15/h4-6H,7-9H2,1-3H3. The van der Waals surface area contributed by atoms with E-state index in [4.69, 9.17) is 23.2 Å². The minimum absolute atomic E-state index is 0.150. The highest BCUT2D eigenvalue weighted by molar-refractivity contribution is 7.99. The zero-order valence-corrected chi connectivity index (χ0v) is 13.7. The minimum atomic E-state index is 0.150. The van der Waals surface area contributed by atoms with Crippen LogP contribution in [-0.2, 0) is 13.0 Å². The number of fused-ring (bicyclic) bond motifs is 1. The van der Waals surface area contributed by atoms with Crippen molar-refractivity contribution in [3.63, 3.8) is 0 Å². The quantitative estimate of drug-likeness (QED) is 0.749. The third kappa shape index (κ3) is 3.21. The predicted octanol–water partition coefficient (Wildman–Crippen LogP) is 4.61. The maximum absolute atomic E-state index is 6.23. The maximum Gasteiger partial charge on any atom is 0.111 e. The van der Waals surface area contributed by atoms with Crippen molar-refractivity contribution >= 4 is 46.0 Å². The van der Waals surface area contributed by atoms with Crippen LogP contribution in [0.1, 0.15) is 19.7 Å². The first kappa shape index (κ1) is 15.0. The van der Waals surface area contributed by atoms with Gasteiger partial charge in [-0.15, -0.1) is 11.6 Å². The van der Waals surface area contributed by atoms with Gasteiger partial charge in [0.2, 0.25) is 0 Å².